The molecule has 0 spiro atoms. The minimum absolute atomic E-state index is 0.489. The normalized spacial score (nSPS) is 13.8. The van der Waals surface area contributed by atoms with E-state index in [1.54, 1.807) is 6.20 Å². The molecule has 1 N–H and O–H groups in total. The molecule has 1 heterocycles. The number of aromatic nitrogens is 2. The fourth-order valence-corrected chi connectivity index (χ4v) is 0.836. The number of nitrogens with one attached hydrogen (secondary N) is 1. The summed E-state index contributed by atoms with van der Waals surface area (Å²) in [7, 11) is 0. The van der Waals surface area contributed by atoms with E-state index < -0.39 is 0 Å². The average Bonchev–Trinajstić information content (AvgIpc) is 2.12. The molecule has 1 aromatic heterocycles. The lowest BCUT2D eigenvalue weighted by Gasteiger charge is -1.93. The summed E-state index contributed by atoms with van der Waals surface area (Å²) in [6, 6.07) is 0. The molecular formula is C5H7IN2. The van der Waals surface area contributed by atoms with Gasteiger partial charge in [-0.2, -0.15) is 0 Å². The van der Waals surface area contributed by atoms with Crippen LogP contribution in [0.2, 0.25) is 0 Å². The molecule has 0 unspecified atom stereocenters. The second-order valence-electron chi connectivity index (χ2n) is 1.59. The first-order chi connectivity index (χ1) is 3.80. The van der Waals surface area contributed by atoms with E-state index in [2.05, 4.69) is 39.5 Å². The van der Waals surface area contributed by atoms with E-state index in [0.717, 1.165) is 5.82 Å². The first-order valence-electron chi connectivity index (χ1n) is 2.44. The zero-order valence-corrected chi connectivity index (χ0v) is 6.71. The zero-order chi connectivity index (χ0) is 5.98. The van der Waals surface area contributed by atoms with Crippen LogP contribution in [0.4, 0.5) is 0 Å². The van der Waals surface area contributed by atoms with Crippen LogP contribution in [0.5, 0.6) is 0 Å². The Morgan fingerprint density at radius 3 is 2.88 bits per heavy atom. The molecule has 0 saturated heterocycles. The monoisotopic (exact) mass is 222 g/mol. The van der Waals surface area contributed by atoms with Gasteiger partial charge in [-0.1, -0.05) is 22.6 Å². The number of aromatic amines is 1. The fraction of sp³-hybridized carbons (Fsp3) is 0.400. The van der Waals surface area contributed by atoms with Crippen LogP contribution in [0.25, 0.3) is 0 Å². The van der Waals surface area contributed by atoms with Crippen molar-refractivity contribution in [2.75, 3.05) is 0 Å². The number of H-pyrrole nitrogens is 1. The number of hydrogen-bond donors (Lipinski definition) is 1. The average molecular weight is 222 g/mol. The molecule has 8 heavy (non-hydrogen) atoms. The van der Waals surface area contributed by atoms with Crippen LogP contribution in [-0.4, -0.2) is 9.97 Å². The third-order valence-corrected chi connectivity index (χ3v) is 1.49. The van der Waals surface area contributed by atoms with E-state index in [1.807, 2.05) is 6.20 Å². The van der Waals surface area contributed by atoms with E-state index in [1.165, 1.54) is 0 Å². The lowest BCUT2D eigenvalue weighted by atomic mass is 10.5. The Labute approximate surface area is 61.9 Å². The molecule has 0 aliphatic carbocycles. The van der Waals surface area contributed by atoms with Crippen molar-refractivity contribution in [3.05, 3.63) is 18.2 Å². The summed E-state index contributed by atoms with van der Waals surface area (Å²) < 4.78 is 0.489. The predicted molar refractivity (Wildman–Crippen MR) is 41.0 cm³/mol. The van der Waals surface area contributed by atoms with Gasteiger partial charge in [-0.25, -0.2) is 4.98 Å². The number of nitrogens with zero attached hydrogens (tertiary/aromatic N) is 1. The maximum atomic E-state index is 4.05. The minimum Gasteiger partial charge on any atom is -0.348 e. The molecular weight excluding hydrogens is 215 g/mol. The zero-order valence-electron chi connectivity index (χ0n) is 4.56. The number of alkyl halides is 1. The van der Waals surface area contributed by atoms with Crippen molar-refractivity contribution in [1.29, 1.82) is 0 Å². The van der Waals surface area contributed by atoms with Gasteiger partial charge >= 0.3 is 0 Å². The van der Waals surface area contributed by atoms with Crippen molar-refractivity contribution in [1.82, 2.24) is 9.97 Å². The van der Waals surface area contributed by atoms with Gasteiger partial charge in [0.05, 0.1) is 3.92 Å². The van der Waals surface area contributed by atoms with Gasteiger partial charge in [0.2, 0.25) is 0 Å². The summed E-state index contributed by atoms with van der Waals surface area (Å²) >= 11 is 2.31. The lowest BCUT2D eigenvalue weighted by Crippen LogP contribution is -1.83. The van der Waals surface area contributed by atoms with Crippen LogP contribution in [0.15, 0.2) is 12.4 Å². The Hall–Kier alpha value is -0.0600. The fourth-order valence-electron chi connectivity index (χ4n) is 0.495. The first kappa shape index (κ1) is 6.07. The summed E-state index contributed by atoms with van der Waals surface area (Å²) in [5.41, 5.74) is 0. The highest BCUT2D eigenvalue weighted by atomic mass is 127. The van der Waals surface area contributed by atoms with E-state index in [4.69, 9.17) is 0 Å². The smallest absolute Gasteiger partial charge is 0.118 e. The molecule has 0 aliphatic rings. The highest BCUT2D eigenvalue weighted by Crippen LogP contribution is 2.16. The Morgan fingerprint density at radius 1 is 1.88 bits per heavy atom. The Balaban J connectivity index is 2.77. The third-order valence-electron chi connectivity index (χ3n) is 0.896. The highest BCUT2D eigenvalue weighted by molar-refractivity contribution is 14.1. The van der Waals surface area contributed by atoms with Gasteiger partial charge in [-0.05, 0) is 6.92 Å². The summed E-state index contributed by atoms with van der Waals surface area (Å²) in [5.74, 6) is 1.05. The van der Waals surface area contributed by atoms with Gasteiger partial charge < -0.3 is 4.98 Å². The molecule has 44 valence electrons. The topological polar surface area (TPSA) is 28.7 Å². The van der Waals surface area contributed by atoms with E-state index in [9.17, 15) is 0 Å². The van der Waals surface area contributed by atoms with E-state index in [-0.39, 0.29) is 0 Å². The number of imidazole rings is 1. The van der Waals surface area contributed by atoms with Crippen LogP contribution in [0.1, 0.15) is 16.7 Å². The van der Waals surface area contributed by atoms with Crippen LogP contribution >= 0.6 is 22.6 Å². The van der Waals surface area contributed by atoms with Crippen LogP contribution < -0.4 is 0 Å². The van der Waals surface area contributed by atoms with Gasteiger partial charge in [0.25, 0.3) is 0 Å². The minimum atomic E-state index is 0.489. The van der Waals surface area contributed by atoms with Crippen LogP contribution in [0.3, 0.4) is 0 Å². The van der Waals surface area contributed by atoms with Crippen molar-refractivity contribution >= 4 is 22.6 Å². The van der Waals surface area contributed by atoms with E-state index in [0.29, 0.717) is 3.92 Å². The third kappa shape index (κ3) is 1.21. The standard InChI is InChI=1S/C5H7IN2/c1-4(6)5-7-2-3-8-5/h2-4H,1H3,(H,7,8)/t4-/m0/s1. The Bertz CT molecular complexity index is 145. The molecule has 0 saturated carbocycles. The molecule has 1 rings (SSSR count). The van der Waals surface area contributed by atoms with Crippen molar-refractivity contribution in [2.45, 2.75) is 10.8 Å². The molecule has 0 amide bonds. The maximum absolute atomic E-state index is 4.05. The van der Waals surface area contributed by atoms with Gasteiger partial charge in [-0.3, -0.25) is 0 Å². The molecule has 3 heteroatoms. The molecule has 0 bridgehead atoms. The molecule has 0 aromatic carbocycles. The largest absolute Gasteiger partial charge is 0.348 e. The Morgan fingerprint density at radius 2 is 2.62 bits per heavy atom. The number of rotatable bonds is 1. The second kappa shape index (κ2) is 2.48. The van der Waals surface area contributed by atoms with Crippen LogP contribution in [-0.2, 0) is 0 Å². The molecule has 0 aliphatic heterocycles. The first-order valence-corrected chi connectivity index (χ1v) is 3.68. The van der Waals surface area contributed by atoms with Crippen molar-refractivity contribution in [2.24, 2.45) is 0 Å². The van der Waals surface area contributed by atoms with Gasteiger partial charge in [-0.15, -0.1) is 0 Å². The van der Waals surface area contributed by atoms with Gasteiger partial charge in [0, 0.05) is 12.4 Å². The summed E-state index contributed by atoms with van der Waals surface area (Å²) in [6.45, 7) is 2.10. The molecule has 0 radical (unpaired) electrons. The predicted octanol–water partition coefficient (Wildman–Crippen LogP) is 1.91. The summed E-state index contributed by atoms with van der Waals surface area (Å²) in [5, 5.41) is 0. The molecule has 2 nitrogen and oxygen atoms in total. The highest BCUT2D eigenvalue weighted by Gasteiger charge is 1.98. The lowest BCUT2D eigenvalue weighted by molar-refractivity contribution is 0.995. The summed E-state index contributed by atoms with van der Waals surface area (Å²) in [6.07, 6.45) is 3.61. The van der Waals surface area contributed by atoms with Gasteiger partial charge in [0.1, 0.15) is 5.82 Å². The van der Waals surface area contributed by atoms with Crippen molar-refractivity contribution < 1.29 is 0 Å². The number of halogens is 1. The van der Waals surface area contributed by atoms with E-state index >= 15 is 0 Å². The quantitative estimate of drug-likeness (QED) is 0.570. The molecule has 0 fully saturated rings. The second-order valence-corrected chi connectivity index (χ2v) is 3.46. The SMILES string of the molecule is C[C@H](I)c1ncc[nH]1. The maximum Gasteiger partial charge on any atom is 0.118 e. The Kier molecular flexibility index (Phi) is 1.88. The van der Waals surface area contributed by atoms with Crippen LogP contribution in [0, 0.1) is 0 Å². The molecule has 1 aromatic rings. The van der Waals surface area contributed by atoms with Crippen molar-refractivity contribution in [3.63, 3.8) is 0 Å². The van der Waals surface area contributed by atoms with Gasteiger partial charge in [0.15, 0.2) is 0 Å². The summed E-state index contributed by atoms with van der Waals surface area (Å²) in [4.78, 5) is 7.07. The molecule has 1 atom stereocenters. The van der Waals surface area contributed by atoms with Crippen molar-refractivity contribution in [3.8, 4) is 0 Å². The number of hydrogen-bond acceptors (Lipinski definition) is 1.